The Morgan fingerprint density at radius 1 is 1.32 bits per heavy atom. The molecule has 7 nitrogen and oxygen atoms in total. The number of carboxylic acids is 2. The van der Waals surface area contributed by atoms with E-state index in [1.165, 1.54) is 0 Å². The molecule has 0 saturated heterocycles. The lowest BCUT2D eigenvalue weighted by molar-refractivity contribution is -0.134. The van der Waals surface area contributed by atoms with Crippen LogP contribution in [0, 0.1) is 6.92 Å². The number of aromatic amines is 1. The second kappa shape index (κ2) is 10.5. The van der Waals surface area contributed by atoms with Gasteiger partial charge in [-0.05, 0) is 25.1 Å². The first kappa shape index (κ1) is 20.7. The van der Waals surface area contributed by atoms with Crippen LogP contribution >= 0.6 is 27.5 Å². The number of H-pyrrole nitrogens is 1. The normalized spacial score (nSPS) is 10.2. The molecule has 0 amide bonds. The summed E-state index contributed by atoms with van der Waals surface area (Å²) in [5.74, 6) is -0.896. The molecule has 0 spiro atoms. The van der Waals surface area contributed by atoms with Gasteiger partial charge in [0.25, 0.3) is 0 Å². The van der Waals surface area contributed by atoms with Gasteiger partial charge in [-0.15, -0.1) is 0 Å². The molecule has 1 aromatic heterocycles. The number of carbonyl (C=O) groups is 2. The first-order valence-electron chi connectivity index (χ1n) is 7.00. The molecule has 1 heterocycles. The smallest absolute Gasteiger partial charge is 0.328 e. The topological polar surface area (TPSA) is 113 Å². The maximum atomic E-state index is 9.55. The fourth-order valence-electron chi connectivity index (χ4n) is 1.60. The van der Waals surface area contributed by atoms with Crippen molar-refractivity contribution in [1.29, 1.82) is 0 Å². The molecule has 3 N–H and O–H groups in total. The number of aliphatic carboxylic acids is 2. The number of benzene rings is 1. The first-order chi connectivity index (χ1) is 11.8. The van der Waals surface area contributed by atoms with E-state index in [2.05, 4.69) is 25.9 Å². The minimum absolute atomic E-state index is 0.558. The van der Waals surface area contributed by atoms with Crippen LogP contribution in [-0.2, 0) is 16.0 Å². The van der Waals surface area contributed by atoms with Gasteiger partial charge in [0.05, 0.1) is 11.6 Å². The molecule has 0 fully saturated rings. The lowest BCUT2D eigenvalue weighted by Crippen LogP contribution is -2.02. The average Bonchev–Trinajstić information content (AvgIpc) is 2.93. The van der Waals surface area contributed by atoms with Gasteiger partial charge >= 0.3 is 11.9 Å². The van der Waals surface area contributed by atoms with Crippen LogP contribution < -0.4 is 4.74 Å². The fourth-order valence-corrected chi connectivity index (χ4v) is 2.33. The van der Waals surface area contributed by atoms with E-state index in [0.717, 1.165) is 22.4 Å². The average molecular weight is 432 g/mol. The van der Waals surface area contributed by atoms with Crippen LogP contribution in [0.2, 0.25) is 5.02 Å². The van der Waals surface area contributed by atoms with Gasteiger partial charge in [-0.1, -0.05) is 27.5 Å². The minimum atomic E-state index is -1.26. The number of ether oxygens (including phenoxy) is 1. The Hall–Kier alpha value is -2.32. The third-order valence-corrected chi connectivity index (χ3v) is 3.44. The number of hydrogen-bond donors (Lipinski definition) is 3. The standard InChI is InChI=1S/C12H12BrClN2O.C4H4O4/c1-8-15-7-10(16-8)4-5-17-12-3-2-9(13)6-11(12)14;5-3(6)1-2-4(7)8/h2-3,6-7H,4-5H2,1H3,(H,15,16);1-2H,(H,5,6)(H,7,8)/b;2-1-. The Bertz CT molecular complexity index is 745. The van der Waals surface area contributed by atoms with E-state index in [1.807, 2.05) is 31.3 Å². The van der Waals surface area contributed by atoms with Crippen molar-refractivity contribution < 1.29 is 24.5 Å². The highest BCUT2D eigenvalue weighted by molar-refractivity contribution is 9.10. The number of nitrogens with one attached hydrogen (secondary N) is 1. The Morgan fingerprint density at radius 3 is 2.44 bits per heavy atom. The third-order valence-electron chi connectivity index (χ3n) is 2.65. The predicted octanol–water partition coefficient (Wildman–Crippen LogP) is 3.47. The van der Waals surface area contributed by atoms with Crippen molar-refractivity contribution in [3.63, 3.8) is 0 Å². The van der Waals surface area contributed by atoms with Gasteiger partial charge in [-0.2, -0.15) is 0 Å². The summed E-state index contributed by atoms with van der Waals surface area (Å²) in [5, 5.41) is 16.2. The predicted molar refractivity (Wildman–Crippen MR) is 96.1 cm³/mol. The number of aryl methyl sites for hydroxylation is 1. The van der Waals surface area contributed by atoms with Crippen LogP contribution in [0.3, 0.4) is 0 Å². The number of hydrogen-bond acceptors (Lipinski definition) is 4. The van der Waals surface area contributed by atoms with E-state index >= 15 is 0 Å². The van der Waals surface area contributed by atoms with E-state index in [0.29, 0.717) is 29.5 Å². The molecular weight excluding hydrogens is 416 g/mol. The number of rotatable bonds is 6. The summed E-state index contributed by atoms with van der Waals surface area (Å²) in [7, 11) is 0. The summed E-state index contributed by atoms with van der Waals surface area (Å²) >= 11 is 9.39. The zero-order valence-electron chi connectivity index (χ0n) is 13.2. The number of halogens is 2. The maximum Gasteiger partial charge on any atom is 0.328 e. The van der Waals surface area contributed by atoms with Gasteiger partial charge in [0.1, 0.15) is 11.6 Å². The van der Waals surface area contributed by atoms with E-state index < -0.39 is 11.9 Å². The lowest BCUT2D eigenvalue weighted by Gasteiger charge is -2.07. The van der Waals surface area contributed by atoms with Crippen LogP contribution in [0.25, 0.3) is 0 Å². The minimum Gasteiger partial charge on any atom is -0.492 e. The van der Waals surface area contributed by atoms with Crippen LogP contribution in [0.5, 0.6) is 5.75 Å². The zero-order valence-corrected chi connectivity index (χ0v) is 15.5. The molecule has 0 aliphatic heterocycles. The number of imidazole rings is 1. The van der Waals surface area contributed by atoms with Gasteiger partial charge in [-0.25, -0.2) is 14.6 Å². The van der Waals surface area contributed by atoms with Gasteiger partial charge in [0, 0.05) is 34.9 Å². The van der Waals surface area contributed by atoms with Crippen molar-refractivity contribution in [3.05, 3.63) is 57.6 Å². The first-order valence-corrected chi connectivity index (χ1v) is 8.17. The van der Waals surface area contributed by atoms with Crippen LogP contribution in [-0.4, -0.2) is 38.7 Å². The van der Waals surface area contributed by atoms with Crippen LogP contribution in [0.15, 0.2) is 41.0 Å². The van der Waals surface area contributed by atoms with Gasteiger partial charge in [0.15, 0.2) is 0 Å². The molecule has 134 valence electrons. The molecular formula is C16H16BrClN2O5. The van der Waals surface area contributed by atoms with Crippen LogP contribution in [0.1, 0.15) is 11.5 Å². The lowest BCUT2D eigenvalue weighted by atomic mass is 10.3. The van der Waals surface area contributed by atoms with Crippen molar-refractivity contribution in [2.45, 2.75) is 13.3 Å². The number of nitrogens with zero attached hydrogens (tertiary/aromatic N) is 1. The van der Waals surface area contributed by atoms with E-state index in [-0.39, 0.29) is 0 Å². The summed E-state index contributed by atoms with van der Waals surface area (Å²) in [4.78, 5) is 26.4. The number of carboxylic acid groups (broad SMARTS) is 2. The van der Waals surface area contributed by atoms with Crippen molar-refractivity contribution in [2.75, 3.05) is 6.61 Å². The van der Waals surface area contributed by atoms with Crippen molar-refractivity contribution in [3.8, 4) is 5.75 Å². The zero-order chi connectivity index (χ0) is 18.8. The summed E-state index contributed by atoms with van der Waals surface area (Å²) in [6, 6.07) is 5.57. The monoisotopic (exact) mass is 430 g/mol. The Morgan fingerprint density at radius 2 is 1.96 bits per heavy atom. The Kier molecular flexibility index (Phi) is 8.73. The second-order valence-corrected chi connectivity index (χ2v) is 6.00. The molecule has 0 bridgehead atoms. The van der Waals surface area contributed by atoms with Crippen molar-refractivity contribution >= 4 is 39.5 Å². The molecule has 0 aliphatic rings. The second-order valence-electron chi connectivity index (χ2n) is 4.68. The third kappa shape index (κ3) is 8.92. The van der Waals surface area contributed by atoms with Gasteiger partial charge < -0.3 is 19.9 Å². The molecule has 0 saturated carbocycles. The fraction of sp³-hybridized carbons (Fsp3) is 0.188. The summed E-state index contributed by atoms with van der Waals surface area (Å²) in [6.07, 6.45) is 3.72. The van der Waals surface area contributed by atoms with Crippen molar-refractivity contribution in [1.82, 2.24) is 9.97 Å². The number of aromatic nitrogens is 2. The van der Waals surface area contributed by atoms with E-state index in [1.54, 1.807) is 0 Å². The Labute approximate surface area is 157 Å². The molecule has 0 unspecified atom stereocenters. The van der Waals surface area contributed by atoms with Gasteiger partial charge in [0.2, 0.25) is 0 Å². The van der Waals surface area contributed by atoms with E-state index in [4.69, 9.17) is 26.6 Å². The highest BCUT2D eigenvalue weighted by Gasteiger charge is 2.03. The molecule has 25 heavy (non-hydrogen) atoms. The van der Waals surface area contributed by atoms with Crippen molar-refractivity contribution in [2.24, 2.45) is 0 Å². The highest BCUT2D eigenvalue weighted by Crippen LogP contribution is 2.27. The molecule has 9 heteroatoms. The molecule has 2 rings (SSSR count). The molecule has 0 radical (unpaired) electrons. The highest BCUT2D eigenvalue weighted by atomic mass is 79.9. The van der Waals surface area contributed by atoms with Crippen LogP contribution in [0.4, 0.5) is 0 Å². The van der Waals surface area contributed by atoms with E-state index in [9.17, 15) is 9.59 Å². The molecule has 1 aromatic carbocycles. The summed E-state index contributed by atoms with van der Waals surface area (Å²) in [5.41, 5.74) is 1.07. The quantitative estimate of drug-likeness (QED) is 0.604. The molecule has 2 aromatic rings. The summed E-state index contributed by atoms with van der Waals surface area (Å²) in [6.45, 7) is 2.50. The largest absolute Gasteiger partial charge is 0.492 e. The summed E-state index contributed by atoms with van der Waals surface area (Å²) < 4.78 is 6.55. The Balaban J connectivity index is 0.000000333. The maximum absolute atomic E-state index is 9.55. The van der Waals surface area contributed by atoms with Gasteiger partial charge in [-0.3, -0.25) is 0 Å². The molecule has 0 aliphatic carbocycles. The molecule has 0 atom stereocenters. The SMILES string of the molecule is Cc1ncc(CCOc2ccc(Br)cc2Cl)[nH]1.O=C(O)/C=C\C(=O)O.